The van der Waals surface area contributed by atoms with Crippen molar-refractivity contribution >= 4 is 44.4 Å². The van der Waals surface area contributed by atoms with Gasteiger partial charge in [-0.1, -0.05) is 17.4 Å². The molecule has 0 aliphatic rings. The Morgan fingerprint density at radius 2 is 1.92 bits per heavy atom. The van der Waals surface area contributed by atoms with Crippen LogP contribution in [0.1, 0.15) is 10.4 Å². The van der Waals surface area contributed by atoms with E-state index in [1.807, 2.05) is 30.5 Å². The number of ether oxygens (including phenoxy) is 2. The topological polar surface area (TPSA) is 60.5 Å². The minimum atomic E-state index is -0.192. The van der Waals surface area contributed by atoms with E-state index < -0.39 is 0 Å². The summed E-state index contributed by atoms with van der Waals surface area (Å²) in [5, 5.41) is 3.36. The molecule has 3 rings (SSSR count). The summed E-state index contributed by atoms with van der Waals surface area (Å²) in [5.74, 6) is 1.16. The summed E-state index contributed by atoms with van der Waals surface area (Å²) in [5.41, 5.74) is 1.27. The lowest BCUT2D eigenvalue weighted by atomic mass is 10.2. The van der Waals surface area contributed by atoms with E-state index >= 15 is 0 Å². The van der Waals surface area contributed by atoms with E-state index in [1.54, 1.807) is 38.1 Å². The standard InChI is InChI=1S/C17H16N2O3S2/c1-21-12-7-8-13(22-2)15-14(12)18-17(24-15)19-16(20)10-5-4-6-11(9-10)23-3/h4-9H,1-3H3,(H,18,19,20). The van der Waals surface area contributed by atoms with E-state index in [2.05, 4.69) is 10.3 Å². The van der Waals surface area contributed by atoms with E-state index in [9.17, 15) is 4.79 Å². The molecule has 2 aromatic carbocycles. The highest BCUT2D eigenvalue weighted by molar-refractivity contribution is 7.98. The molecule has 0 saturated heterocycles. The van der Waals surface area contributed by atoms with Gasteiger partial charge in [0, 0.05) is 10.5 Å². The number of fused-ring (bicyclic) bond motifs is 1. The summed E-state index contributed by atoms with van der Waals surface area (Å²) >= 11 is 2.95. The second-order valence-corrected chi connectivity index (χ2v) is 6.73. The SMILES string of the molecule is COc1ccc(OC)c2sc(NC(=O)c3cccc(SC)c3)nc12. The van der Waals surface area contributed by atoms with Gasteiger partial charge in [-0.15, -0.1) is 11.8 Å². The van der Waals surface area contributed by atoms with Crippen LogP contribution in [-0.4, -0.2) is 31.4 Å². The second-order valence-electron chi connectivity index (χ2n) is 4.85. The molecule has 24 heavy (non-hydrogen) atoms. The van der Waals surface area contributed by atoms with Gasteiger partial charge in [0.1, 0.15) is 21.7 Å². The van der Waals surface area contributed by atoms with E-state index in [0.29, 0.717) is 27.7 Å². The number of thioether (sulfide) groups is 1. The Morgan fingerprint density at radius 1 is 1.17 bits per heavy atom. The zero-order chi connectivity index (χ0) is 17.1. The summed E-state index contributed by atoms with van der Waals surface area (Å²) < 4.78 is 11.5. The van der Waals surface area contributed by atoms with Gasteiger partial charge in [0.05, 0.1) is 14.2 Å². The molecular weight excluding hydrogens is 344 g/mol. The van der Waals surface area contributed by atoms with Gasteiger partial charge in [0.25, 0.3) is 5.91 Å². The van der Waals surface area contributed by atoms with Crippen LogP contribution in [0.15, 0.2) is 41.3 Å². The van der Waals surface area contributed by atoms with Crippen LogP contribution in [0.3, 0.4) is 0 Å². The van der Waals surface area contributed by atoms with Gasteiger partial charge in [0.15, 0.2) is 5.13 Å². The summed E-state index contributed by atoms with van der Waals surface area (Å²) in [4.78, 5) is 18.0. The third-order valence-corrected chi connectivity index (χ3v) is 5.17. The highest BCUT2D eigenvalue weighted by Gasteiger charge is 2.16. The smallest absolute Gasteiger partial charge is 0.257 e. The van der Waals surface area contributed by atoms with Crippen molar-refractivity contribution in [2.75, 3.05) is 25.8 Å². The summed E-state index contributed by atoms with van der Waals surface area (Å²) in [6, 6.07) is 11.1. The van der Waals surface area contributed by atoms with Crippen molar-refractivity contribution < 1.29 is 14.3 Å². The quantitative estimate of drug-likeness (QED) is 0.688. The first kappa shape index (κ1) is 16.6. The molecule has 0 fully saturated rings. The van der Waals surface area contributed by atoms with E-state index in [-0.39, 0.29) is 5.91 Å². The number of hydrogen-bond donors (Lipinski definition) is 1. The molecule has 124 valence electrons. The lowest BCUT2D eigenvalue weighted by Crippen LogP contribution is -2.11. The molecule has 1 N–H and O–H groups in total. The largest absolute Gasteiger partial charge is 0.495 e. The Kier molecular flexibility index (Phi) is 4.92. The predicted octanol–water partition coefficient (Wildman–Crippen LogP) is 4.29. The second kappa shape index (κ2) is 7.11. The summed E-state index contributed by atoms with van der Waals surface area (Å²) in [6.07, 6.45) is 1.98. The third kappa shape index (κ3) is 3.18. The molecule has 0 aliphatic heterocycles. The van der Waals surface area contributed by atoms with Gasteiger partial charge >= 0.3 is 0 Å². The van der Waals surface area contributed by atoms with Crippen molar-refractivity contribution in [3.05, 3.63) is 42.0 Å². The van der Waals surface area contributed by atoms with Crippen molar-refractivity contribution in [3.8, 4) is 11.5 Å². The number of benzene rings is 2. The number of carbonyl (C=O) groups excluding carboxylic acids is 1. The monoisotopic (exact) mass is 360 g/mol. The van der Waals surface area contributed by atoms with Crippen molar-refractivity contribution in [2.24, 2.45) is 0 Å². The van der Waals surface area contributed by atoms with Crippen molar-refractivity contribution in [1.82, 2.24) is 4.98 Å². The molecule has 3 aromatic rings. The van der Waals surface area contributed by atoms with Crippen molar-refractivity contribution in [3.63, 3.8) is 0 Å². The van der Waals surface area contributed by atoms with Crippen molar-refractivity contribution in [2.45, 2.75) is 4.90 Å². The Morgan fingerprint density at radius 3 is 2.62 bits per heavy atom. The fraction of sp³-hybridized carbons (Fsp3) is 0.176. The van der Waals surface area contributed by atoms with Crippen LogP contribution in [-0.2, 0) is 0 Å². The van der Waals surface area contributed by atoms with E-state index in [1.165, 1.54) is 11.3 Å². The average Bonchev–Trinajstić information content (AvgIpc) is 3.04. The van der Waals surface area contributed by atoms with Crippen LogP contribution in [0.4, 0.5) is 5.13 Å². The molecule has 5 nitrogen and oxygen atoms in total. The van der Waals surface area contributed by atoms with Crippen LogP contribution < -0.4 is 14.8 Å². The normalized spacial score (nSPS) is 10.6. The number of nitrogens with one attached hydrogen (secondary N) is 1. The van der Waals surface area contributed by atoms with Gasteiger partial charge in [-0.2, -0.15) is 0 Å². The van der Waals surface area contributed by atoms with Crippen molar-refractivity contribution in [1.29, 1.82) is 0 Å². The lowest BCUT2D eigenvalue weighted by Gasteiger charge is -2.03. The van der Waals surface area contributed by atoms with Crippen LogP contribution in [0.5, 0.6) is 11.5 Å². The molecule has 0 bridgehead atoms. The molecule has 0 aliphatic carbocycles. The molecule has 0 atom stereocenters. The number of amides is 1. The van der Waals surface area contributed by atoms with Gasteiger partial charge in [-0.3, -0.25) is 10.1 Å². The van der Waals surface area contributed by atoms with Gasteiger partial charge in [-0.25, -0.2) is 4.98 Å². The Balaban J connectivity index is 1.93. The van der Waals surface area contributed by atoms with Gasteiger partial charge < -0.3 is 9.47 Å². The number of nitrogens with zero attached hydrogens (tertiary/aromatic N) is 1. The maximum absolute atomic E-state index is 12.5. The molecule has 0 saturated carbocycles. The maximum atomic E-state index is 12.5. The van der Waals surface area contributed by atoms with Crippen LogP contribution in [0.2, 0.25) is 0 Å². The van der Waals surface area contributed by atoms with Gasteiger partial charge in [0.2, 0.25) is 0 Å². The predicted molar refractivity (Wildman–Crippen MR) is 98.9 cm³/mol. The molecular formula is C17H16N2O3S2. The molecule has 1 aromatic heterocycles. The van der Waals surface area contributed by atoms with E-state index in [0.717, 1.165) is 9.60 Å². The fourth-order valence-electron chi connectivity index (χ4n) is 2.27. The number of methoxy groups -OCH3 is 2. The molecule has 0 spiro atoms. The lowest BCUT2D eigenvalue weighted by molar-refractivity contribution is 0.102. The first-order chi connectivity index (χ1) is 11.7. The number of thiazole rings is 1. The average molecular weight is 360 g/mol. The number of aromatic nitrogens is 1. The molecule has 1 heterocycles. The van der Waals surface area contributed by atoms with Gasteiger partial charge in [-0.05, 0) is 36.6 Å². The molecule has 0 unspecified atom stereocenters. The Bertz CT molecular complexity index is 852. The maximum Gasteiger partial charge on any atom is 0.257 e. The minimum Gasteiger partial charge on any atom is -0.495 e. The fourth-order valence-corrected chi connectivity index (χ4v) is 3.70. The first-order valence-electron chi connectivity index (χ1n) is 7.13. The minimum absolute atomic E-state index is 0.192. The summed E-state index contributed by atoms with van der Waals surface area (Å²) in [6.45, 7) is 0. The highest BCUT2D eigenvalue weighted by atomic mass is 32.2. The zero-order valence-corrected chi connectivity index (χ0v) is 15.1. The first-order valence-corrected chi connectivity index (χ1v) is 9.17. The highest BCUT2D eigenvalue weighted by Crippen LogP contribution is 2.38. The number of carbonyl (C=O) groups is 1. The van der Waals surface area contributed by atoms with Crippen LogP contribution in [0.25, 0.3) is 10.2 Å². The third-order valence-electron chi connectivity index (χ3n) is 3.46. The number of rotatable bonds is 5. The number of hydrogen-bond acceptors (Lipinski definition) is 6. The van der Waals surface area contributed by atoms with E-state index in [4.69, 9.17) is 9.47 Å². The summed E-state index contributed by atoms with van der Waals surface area (Å²) in [7, 11) is 3.19. The Labute approximate surface area is 148 Å². The number of anilines is 1. The van der Waals surface area contributed by atoms with Crippen LogP contribution in [0, 0.1) is 0 Å². The molecule has 7 heteroatoms. The zero-order valence-electron chi connectivity index (χ0n) is 13.5. The Hall–Kier alpha value is -2.25. The van der Waals surface area contributed by atoms with Crippen LogP contribution >= 0.6 is 23.1 Å². The molecule has 0 radical (unpaired) electrons. The molecule has 1 amide bonds.